The minimum Gasteiger partial charge on any atom is -0.396 e. The van der Waals surface area contributed by atoms with Gasteiger partial charge in [-0.25, -0.2) is 9.67 Å². The summed E-state index contributed by atoms with van der Waals surface area (Å²) >= 11 is 5.94. The molecule has 3 atom stereocenters. The third kappa shape index (κ3) is 2.45. The summed E-state index contributed by atoms with van der Waals surface area (Å²) < 4.78 is 1.38. The average molecular weight is 352 g/mol. The molecule has 1 aromatic carbocycles. The molecule has 0 spiro atoms. The van der Waals surface area contributed by atoms with Crippen molar-refractivity contribution in [3.05, 3.63) is 47.5 Å². The minimum atomic E-state index is -1.52. The Bertz CT molecular complexity index is 673. The zero-order valence-electron chi connectivity index (χ0n) is 13.5. The zero-order chi connectivity index (χ0) is 17.4. The molecule has 0 saturated heterocycles. The fourth-order valence-corrected chi connectivity index (χ4v) is 4.24. The molecule has 0 bridgehead atoms. The highest BCUT2D eigenvalue weighted by molar-refractivity contribution is 6.30. The van der Waals surface area contributed by atoms with Crippen LogP contribution >= 0.6 is 11.6 Å². The molecule has 1 heterocycles. The van der Waals surface area contributed by atoms with Crippen molar-refractivity contribution in [3.8, 4) is 0 Å². The van der Waals surface area contributed by atoms with Crippen LogP contribution in [0.3, 0.4) is 0 Å². The molecule has 3 unspecified atom stereocenters. The third-order valence-electron chi connectivity index (χ3n) is 5.61. The van der Waals surface area contributed by atoms with E-state index in [1.54, 1.807) is 0 Å². The average Bonchev–Trinajstić information content (AvgIpc) is 3.18. The van der Waals surface area contributed by atoms with Gasteiger partial charge in [0.1, 0.15) is 12.7 Å². The first-order valence-electron chi connectivity index (χ1n) is 8.01. The van der Waals surface area contributed by atoms with Crippen molar-refractivity contribution in [1.29, 1.82) is 0 Å². The van der Waals surface area contributed by atoms with E-state index < -0.39 is 11.1 Å². The number of hydrogen-bond donors (Lipinski definition) is 3. The van der Waals surface area contributed by atoms with Crippen molar-refractivity contribution in [2.45, 2.75) is 25.5 Å². The first kappa shape index (κ1) is 17.4. The molecule has 0 amide bonds. The van der Waals surface area contributed by atoms with Gasteiger partial charge in [0, 0.05) is 10.9 Å². The van der Waals surface area contributed by atoms with E-state index in [0.717, 1.165) is 5.56 Å². The molecule has 24 heavy (non-hydrogen) atoms. The summed E-state index contributed by atoms with van der Waals surface area (Å²) in [5.41, 5.74) is -1.58. The van der Waals surface area contributed by atoms with Crippen LogP contribution in [0.25, 0.3) is 0 Å². The Labute approximate surface area is 145 Å². The maximum Gasteiger partial charge on any atom is 0.172 e. The maximum atomic E-state index is 11.6. The fourth-order valence-electron chi connectivity index (χ4n) is 4.11. The second-order valence-electron chi connectivity index (χ2n) is 6.70. The normalized spacial score (nSPS) is 29.0. The summed E-state index contributed by atoms with van der Waals surface area (Å²) in [4.78, 5) is 3.94. The van der Waals surface area contributed by atoms with Gasteiger partial charge in [-0.05, 0) is 36.5 Å². The monoisotopic (exact) mass is 351 g/mol. The van der Waals surface area contributed by atoms with Gasteiger partial charge in [-0.3, -0.25) is 0 Å². The number of aliphatic hydroxyl groups excluding tert-OH is 2. The lowest BCUT2D eigenvalue weighted by molar-refractivity contribution is -0.206. The van der Waals surface area contributed by atoms with Crippen molar-refractivity contribution < 1.29 is 15.3 Å². The number of halogens is 1. The summed E-state index contributed by atoms with van der Waals surface area (Å²) in [5.74, 6) is -0.311. The van der Waals surface area contributed by atoms with E-state index in [9.17, 15) is 15.3 Å². The Hall–Kier alpha value is -1.47. The Kier molecular flexibility index (Phi) is 4.66. The molecule has 6 nitrogen and oxygen atoms in total. The van der Waals surface area contributed by atoms with Crippen LogP contribution in [-0.2, 0) is 12.1 Å². The van der Waals surface area contributed by atoms with Crippen LogP contribution in [0.1, 0.15) is 18.9 Å². The summed E-state index contributed by atoms with van der Waals surface area (Å²) in [6.07, 6.45) is 4.02. The van der Waals surface area contributed by atoms with Crippen LogP contribution < -0.4 is 0 Å². The van der Waals surface area contributed by atoms with Gasteiger partial charge in [-0.1, -0.05) is 30.7 Å². The molecule has 1 aliphatic carbocycles. The molecule has 1 aromatic heterocycles. The largest absolute Gasteiger partial charge is 0.396 e. The van der Waals surface area contributed by atoms with E-state index in [0.29, 0.717) is 17.9 Å². The lowest BCUT2D eigenvalue weighted by atomic mass is 9.73. The predicted octanol–water partition coefficient (Wildman–Crippen LogP) is 1.45. The molecule has 1 aliphatic rings. The van der Waals surface area contributed by atoms with Crippen molar-refractivity contribution >= 4 is 11.6 Å². The quantitative estimate of drug-likeness (QED) is 0.758. The second-order valence-corrected chi connectivity index (χ2v) is 7.14. The number of nitrogens with zero attached hydrogens (tertiary/aromatic N) is 3. The van der Waals surface area contributed by atoms with Crippen LogP contribution in [0.5, 0.6) is 0 Å². The van der Waals surface area contributed by atoms with Gasteiger partial charge in [0.2, 0.25) is 0 Å². The smallest absolute Gasteiger partial charge is 0.172 e. The molecular formula is C17H22ClN3O3. The van der Waals surface area contributed by atoms with Crippen molar-refractivity contribution in [1.82, 2.24) is 14.8 Å². The van der Waals surface area contributed by atoms with Crippen LogP contribution in [0.2, 0.25) is 5.02 Å². The van der Waals surface area contributed by atoms with Gasteiger partial charge in [0.15, 0.2) is 5.72 Å². The number of aliphatic hydroxyl groups is 3. The van der Waals surface area contributed by atoms with E-state index in [1.165, 1.54) is 17.3 Å². The van der Waals surface area contributed by atoms with Crippen LogP contribution in [0.4, 0.5) is 0 Å². The number of benzene rings is 1. The third-order valence-corrected chi connectivity index (χ3v) is 5.86. The standard InChI is InChI=1S/C17H22ClN3O3/c1-12-6-14(7-13-2-4-15(18)5-3-13)17(24,16(12,8-22)9-23)21-11-19-10-20-21/h2-5,10-12,14,22-24H,6-9H2,1H3. The Morgan fingerprint density at radius 2 is 1.92 bits per heavy atom. The SMILES string of the molecule is CC1CC(Cc2ccc(Cl)cc2)C(O)(n2cncn2)C1(CO)CO. The van der Waals surface area contributed by atoms with Gasteiger partial charge in [0.25, 0.3) is 0 Å². The fraction of sp³-hybridized carbons (Fsp3) is 0.529. The lowest BCUT2D eigenvalue weighted by Crippen LogP contribution is -2.56. The molecule has 7 heteroatoms. The van der Waals surface area contributed by atoms with Crippen LogP contribution in [0.15, 0.2) is 36.9 Å². The molecule has 0 radical (unpaired) electrons. The highest BCUT2D eigenvalue weighted by atomic mass is 35.5. The number of hydrogen-bond acceptors (Lipinski definition) is 5. The molecule has 130 valence electrons. The van der Waals surface area contributed by atoms with Gasteiger partial charge >= 0.3 is 0 Å². The highest BCUT2D eigenvalue weighted by Gasteiger charge is 2.64. The van der Waals surface area contributed by atoms with Crippen molar-refractivity contribution in [2.24, 2.45) is 17.3 Å². The first-order chi connectivity index (χ1) is 11.5. The predicted molar refractivity (Wildman–Crippen MR) is 89.2 cm³/mol. The number of rotatable bonds is 5. The van der Waals surface area contributed by atoms with E-state index >= 15 is 0 Å². The Balaban J connectivity index is 2.03. The summed E-state index contributed by atoms with van der Waals surface area (Å²) in [6.45, 7) is 1.27. The topological polar surface area (TPSA) is 91.4 Å². The first-order valence-corrected chi connectivity index (χ1v) is 8.39. The molecule has 1 fully saturated rings. The zero-order valence-corrected chi connectivity index (χ0v) is 14.3. The van der Waals surface area contributed by atoms with E-state index in [-0.39, 0.29) is 25.0 Å². The molecule has 3 N–H and O–H groups in total. The lowest BCUT2D eigenvalue weighted by Gasteiger charge is -2.44. The molecular weight excluding hydrogens is 330 g/mol. The molecule has 2 aromatic rings. The maximum absolute atomic E-state index is 11.6. The molecule has 0 aliphatic heterocycles. The minimum absolute atomic E-state index is 0.0843. The van der Waals surface area contributed by atoms with Gasteiger partial charge in [-0.15, -0.1) is 0 Å². The van der Waals surface area contributed by atoms with Gasteiger partial charge in [-0.2, -0.15) is 5.10 Å². The second kappa shape index (κ2) is 6.44. The van der Waals surface area contributed by atoms with Crippen LogP contribution in [0, 0.1) is 17.3 Å². The van der Waals surface area contributed by atoms with Crippen LogP contribution in [-0.4, -0.2) is 43.3 Å². The van der Waals surface area contributed by atoms with Crippen molar-refractivity contribution in [3.63, 3.8) is 0 Å². The van der Waals surface area contributed by atoms with E-state index in [1.807, 2.05) is 31.2 Å². The summed E-state index contributed by atoms with van der Waals surface area (Å²) in [6, 6.07) is 7.48. The summed E-state index contributed by atoms with van der Waals surface area (Å²) in [7, 11) is 0. The van der Waals surface area contributed by atoms with Crippen molar-refractivity contribution in [2.75, 3.05) is 13.2 Å². The molecule has 1 saturated carbocycles. The van der Waals surface area contributed by atoms with Gasteiger partial charge < -0.3 is 15.3 Å². The van der Waals surface area contributed by atoms with Gasteiger partial charge in [0.05, 0.1) is 18.6 Å². The number of aromatic nitrogens is 3. The van der Waals surface area contributed by atoms with E-state index in [4.69, 9.17) is 11.6 Å². The summed E-state index contributed by atoms with van der Waals surface area (Å²) in [5, 5.41) is 36.5. The Morgan fingerprint density at radius 3 is 2.46 bits per heavy atom. The highest BCUT2D eigenvalue weighted by Crippen LogP contribution is 2.56. The molecule has 3 rings (SSSR count). The van der Waals surface area contributed by atoms with E-state index in [2.05, 4.69) is 10.1 Å². The Morgan fingerprint density at radius 1 is 1.25 bits per heavy atom.